The minimum absolute atomic E-state index is 0.0925. The van der Waals surface area contributed by atoms with Gasteiger partial charge in [-0.05, 0) is 63.3 Å². The molecule has 0 bridgehead atoms. The third-order valence-corrected chi connectivity index (χ3v) is 9.45. The summed E-state index contributed by atoms with van der Waals surface area (Å²) in [7, 11) is 0. The molecule has 6 rings (SSSR count). The third-order valence-electron chi connectivity index (χ3n) is 7.23. The van der Waals surface area contributed by atoms with Gasteiger partial charge in [0.2, 0.25) is 0 Å². The summed E-state index contributed by atoms with van der Waals surface area (Å²) in [4.78, 5) is 34.4. The monoisotopic (exact) mass is 521 g/mol. The standard InChI is InChI=1S/C26H31N7OS2/c1-17-23(29-20-9-4-3-8-19(20)28-17)32-14-12-31(13-15-32)11-6-16-35-26-30-24-22(25(34)33(26)27)18-7-2-5-10-21(18)36-24/h3-4,8-9H,2,5-7,10-16,27H2,1H3. The molecule has 3 aromatic heterocycles. The van der Waals surface area contributed by atoms with Crippen molar-refractivity contribution in [2.45, 2.75) is 44.2 Å². The lowest BCUT2D eigenvalue weighted by Crippen LogP contribution is -2.47. The van der Waals surface area contributed by atoms with E-state index in [1.54, 1.807) is 23.1 Å². The topological polar surface area (TPSA) is 93.2 Å². The van der Waals surface area contributed by atoms with Crippen LogP contribution in [0.2, 0.25) is 0 Å². The maximum absolute atomic E-state index is 13.0. The first-order valence-electron chi connectivity index (χ1n) is 12.7. The fourth-order valence-corrected chi connectivity index (χ4v) is 7.46. The number of hydrogen-bond acceptors (Lipinski definition) is 9. The number of fused-ring (bicyclic) bond motifs is 4. The SMILES string of the molecule is Cc1nc2ccccc2nc1N1CCN(CCCSc2nc3sc4c(c3c(=O)n2N)CCCC4)CC1. The van der Waals surface area contributed by atoms with Crippen LogP contribution in [0, 0.1) is 6.92 Å². The second kappa shape index (κ2) is 9.99. The Kier molecular flexibility index (Phi) is 6.57. The lowest BCUT2D eigenvalue weighted by molar-refractivity contribution is 0.258. The summed E-state index contributed by atoms with van der Waals surface area (Å²) in [6, 6.07) is 8.06. The van der Waals surface area contributed by atoms with Crippen LogP contribution in [0.5, 0.6) is 0 Å². The van der Waals surface area contributed by atoms with E-state index in [2.05, 4.69) is 9.80 Å². The number of piperazine rings is 1. The van der Waals surface area contributed by atoms with E-state index >= 15 is 0 Å². The van der Waals surface area contributed by atoms with Crippen molar-refractivity contribution in [3.8, 4) is 0 Å². The Morgan fingerprint density at radius 2 is 1.78 bits per heavy atom. The van der Waals surface area contributed by atoms with E-state index in [0.29, 0.717) is 5.16 Å². The quantitative estimate of drug-likeness (QED) is 0.178. The van der Waals surface area contributed by atoms with Gasteiger partial charge < -0.3 is 10.7 Å². The summed E-state index contributed by atoms with van der Waals surface area (Å²) in [6.45, 7) is 6.98. The average molecular weight is 522 g/mol. The Hall–Kier alpha value is -2.69. The minimum atomic E-state index is -0.0925. The van der Waals surface area contributed by atoms with Crippen molar-refractivity contribution in [3.05, 3.63) is 50.8 Å². The Balaban J connectivity index is 1.04. The van der Waals surface area contributed by atoms with E-state index in [0.717, 1.165) is 96.9 Å². The second-order valence-electron chi connectivity index (χ2n) is 9.61. The van der Waals surface area contributed by atoms with E-state index in [-0.39, 0.29) is 5.56 Å². The number of thiophene rings is 1. The number of anilines is 1. The van der Waals surface area contributed by atoms with Crippen LogP contribution in [0.25, 0.3) is 21.3 Å². The van der Waals surface area contributed by atoms with Crippen molar-refractivity contribution in [3.63, 3.8) is 0 Å². The number of benzene rings is 1. The maximum atomic E-state index is 13.0. The predicted octanol–water partition coefficient (Wildman–Crippen LogP) is 3.61. The smallest absolute Gasteiger partial charge is 0.281 e. The number of thioether (sulfide) groups is 1. The zero-order valence-corrected chi connectivity index (χ0v) is 22.2. The molecule has 0 spiro atoms. The van der Waals surface area contributed by atoms with Gasteiger partial charge in [0.1, 0.15) is 4.83 Å². The average Bonchev–Trinajstić information content (AvgIpc) is 3.28. The summed E-state index contributed by atoms with van der Waals surface area (Å²) >= 11 is 3.27. The molecular weight excluding hydrogens is 490 g/mol. The third kappa shape index (κ3) is 4.46. The van der Waals surface area contributed by atoms with Crippen LogP contribution in [-0.4, -0.2) is 63.0 Å². The van der Waals surface area contributed by atoms with Crippen LogP contribution < -0.4 is 16.3 Å². The number of para-hydroxylation sites is 2. The summed E-state index contributed by atoms with van der Waals surface area (Å²) in [5.41, 5.74) is 3.99. The largest absolute Gasteiger partial charge is 0.353 e. The number of aromatic nitrogens is 4. The molecule has 1 fully saturated rings. The molecule has 10 heteroatoms. The first kappa shape index (κ1) is 23.7. The van der Waals surface area contributed by atoms with E-state index in [9.17, 15) is 4.79 Å². The van der Waals surface area contributed by atoms with Crippen LogP contribution in [0.15, 0.2) is 34.2 Å². The molecule has 1 aliphatic carbocycles. The van der Waals surface area contributed by atoms with Crippen molar-refractivity contribution in [2.75, 3.05) is 49.2 Å². The number of hydrogen-bond donors (Lipinski definition) is 1. The molecule has 188 valence electrons. The molecule has 4 aromatic rings. The number of nitrogens with two attached hydrogens (primary N) is 1. The van der Waals surface area contributed by atoms with E-state index in [4.69, 9.17) is 20.8 Å². The lowest BCUT2D eigenvalue weighted by Gasteiger charge is -2.35. The number of nitrogens with zero attached hydrogens (tertiary/aromatic N) is 6. The van der Waals surface area contributed by atoms with Gasteiger partial charge in [-0.15, -0.1) is 11.3 Å². The molecule has 1 aromatic carbocycles. The highest BCUT2D eigenvalue weighted by molar-refractivity contribution is 7.99. The molecule has 0 saturated carbocycles. The van der Waals surface area contributed by atoms with Gasteiger partial charge in [-0.2, -0.15) is 0 Å². The Morgan fingerprint density at radius 1 is 1.03 bits per heavy atom. The molecule has 0 unspecified atom stereocenters. The van der Waals surface area contributed by atoms with Crippen LogP contribution in [0.3, 0.4) is 0 Å². The van der Waals surface area contributed by atoms with Crippen molar-refractivity contribution in [1.29, 1.82) is 0 Å². The van der Waals surface area contributed by atoms with Crippen LogP contribution in [-0.2, 0) is 12.8 Å². The summed E-state index contributed by atoms with van der Waals surface area (Å²) in [6.07, 6.45) is 5.39. The number of nitrogen functional groups attached to an aromatic ring is 1. The maximum Gasteiger partial charge on any atom is 0.281 e. The molecule has 0 atom stereocenters. The van der Waals surface area contributed by atoms with E-state index < -0.39 is 0 Å². The van der Waals surface area contributed by atoms with Gasteiger partial charge in [-0.1, -0.05) is 23.9 Å². The molecule has 1 aliphatic heterocycles. The van der Waals surface area contributed by atoms with Crippen LogP contribution >= 0.6 is 23.1 Å². The minimum Gasteiger partial charge on any atom is -0.353 e. The highest BCUT2D eigenvalue weighted by Crippen LogP contribution is 2.34. The van der Waals surface area contributed by atoms with Crippen LogP contribution in [0.4, 0.5) is 5.82 Å². The lowest BCUT2D eigenvalue weighted by atomic mass is 9.97. The van der Waals surface area contributed by atoms with Gasteiger partial charge in [0, 0.05) is 36.8 Å². The van der Waals surface area contributed by atoms with Gasteiger partial charge >= 0.3 is 0 Å². The second-order valence-corrected chi connectivity index (χ2v) is 11.8. The molecule has 0 amide bonds. The van der Waals surface area contributed by atoms with Gasteiger partial charge in [0.05, 0.1) is 22.1 Å². The van der Waals surface area contributed by atoms with Crippen molar-refractivity contribution in [1.82, 2.24) is 24.5 Å². The molecule has 2 N–H and O–H groups in total. The van der Waals surface area contributed by atoms with Gasteiger partial charge in [0.25, 0.3) is 5.56 Å². The zero-order valence-electron chi connectivity index (χ0n) is 20.6. The van der Waals surface area contributed by atoms with Crippen molar-refractivity contribution >= 4 is 50.2 Å². The van der Waals surface area contributed by atoms with Gasteiger partial charge in [0.15, 0.2) is 11.0 Å². The number of rotatable bonds is 6. The van der Waals surface area contributed by atoms with Gasteiger partial charge in [-0.3, -0.25) is 9.69 Å². The fourth-order valence-electron chi connectivity index (χ4n) is 5.31. The highest BCUT2D eigenvalue weighted by Gasteiger charge is 2.22. The first-order valence-corrected chi connectivity index (χ1v) is 14.5. The van der Waals surface area contributed by atoms with E-state index in [1.807, 2.05) is 31.2 Å². The fraction of sp³-hybridized carbons (Fsp3) is 0.462. The van der Waals surface area contributed by atoms with Crippen LogP contribution in [0.1, 0.15) is 35.4 Å². The first-order chi connectivity index (χ1) is 17.6. The van der Waals surface area contributed by atoms with Gasteiger partial charge in [-0.25, -0.2) is 19.6 Å². The summed E-state index contributed by atoms with van der Waals surface area (Å²) < 4.78 is 1.26. The molecular formula is C26H31N7OS2. The van der Waals surface area contributed by atoms with E-state index in [1.165, 1.54) is 21.5 Å². The molecule has 8 nitrogen and oxygen atoms in total. The Morgan fingerprint density at radius 3 is 2.58 bits per heavy atom. The van der Waals surface area contributed by atoms with Crippen molar-refractivity contribution in [2.24, 2.45) is 0 Å². The molecule has 36 heavy (non-hydrogen) atoms. The molecule has 4 heterocycles. The zero-order chi connectivity index (χ0) is 24.6. The predicted molar refractivity (Wildman–Crippen MR) is 149 cm³/mol. The molecule has 1 saturated heterocycles. The summed E-state index contributed by atoms with van der Waals surface area (Å²) in [5, 5.41) is 1.38. The molecule has 2 aliphatic rings. The highest BCUT2D eigenvalue weighted by atomic mass is 32.2. The summed E-state index contributed by atoms with van der Waals surface area (Å²) in [5.74, 6) is 8.07. The van der Waals surface area contributed by atoms with Crippen molar-refractivity contribution < 1.29 is 0 Å². The molecule has 0 radical (unpaired) electrons. The number of aryl methyl sites for hydroxylation is 3. The Labute approximate surface area is 218 Å². The Bertz CT molecular complexity index is 1470. The normalized spacial score (nSPS) is 16.6.